The van der Waals surface area contributed by atoms with Gasteiger partial charge in [0, 0.05) is 19.1 Å². The minimum atomic E-state index is -0.202. The molecule has 3 nitrogen and oxygen atoms in total. The predicted octanol–water partition coefficient (Wildman–Crippen LogP) is 2.32. The molecule has 1 aliphatic rings. The van der Waals surface area contributed by atoms with Crippen LogP contribution in [0, 0.1) is 5.82 Å². The zero-order chi connectivity index (χ0) is 13.8. The minimum absolute atomic E-state index is 0.00657. The molecule has 2 N–H and O–H groups in total. The lowest BCUT2D eigenvalue weighted by Gasteiger charge is -2.40. The quantitative estimate of drug-likeness (QED) is 0.909. The molecule has 0 aromatic heterocycles. The predicted molar refractivity (Wildman–Crippen MR) is 74.4 cm³/mol. The first-order chi connectivity index (χ1) is 9.11. The number of halogens is 1. The second-order valence-corrected chi connectivity index (χ2v) is 5.25. The molecule has 0 amide bonds. The maximum absolute atomic E-state index is 13.5. The van der Waals surface area contributed by atoms with E-state index in [0.29, 0.717) is 6.61 Å². The van der Waals surface area contributed by atoms with Gasteiger partial charge in [0.15, 0.2) is 0 Å². The number of rotatable bonds is 4. The van der Waals surface area contributed by atoms with Crippen LogP contribution in [0.5, 0.6) is 0 Å². The number of nitrogens with zero attached hydrogens (tertiary/aromatic N) is 1. The Morgan fingerprint density at radius 2 is 2.32 bits per heavy atom. The normalized spacial score (nSPS) is 24.1. The largest absolute Gasteiger partial charge is 0.376 e. The second-order valence-electron chi connectivity index (χ2n) is 5.25. The topological polar surface area (TPSA) is 38.5 Å². The van der Waals surface area contributed by atoms with E-state index in [-0.39, 0.29) is 24.0 Å². The third-order valence-corrected chi connectivity index (χ3v) is 3.73. The molecule has 106 valence electrons. The monoisotopic (exact) mass is 266 g/mol. The Hall–Kier alpha value is -0.970. The lowest BCUT2D eigenvalue weighted by molar-refractivity contribution is -0.0387. The maximum atomic E-state index is 13.5. The van der Waals surface area contributed by atoms with Crippen molar-refractivity contribution >= 4 is 0 Å². The Morgan fingerprint density at radius 1 is 1.53 bits per heavy atom. The van der Waals surface area contributed by atoms with E-state index in [0.717, 1.165) is 25.1 Å². The van der Waals surface area contributed by atoms with Gasteiger partial charge in [-0.1, -0.05) is 19.1 Å². The third-order valence-electron chi connectivity index (χ3n) is 3.73. The molecule has 0 spiro atoms. The van der Waals surface area contributed by atoms with Crippen LogP contribution in [0.3, 0.4) is 0 Å². The van der Waals surface area contributed by atoms with Crippen LogP contribution in [0.15, 0.2) is 24.3 Å². The highest BCUT2D eigenvalue weighted by Crippen LogP contribution is 2.27. The smallest absolute Gasteiger partial charge is 0.123 e. The van der Waals surface area contributed by atoms with Gasteiger partial charge in [0.2, 0.25) is 0 Å². The summed E-state index contributed by atoms with van der Waals surface area (Å²) in [6.45, 7) is 6.53. The molecule has 1 fully saturated rings. The summed E-state index contributed by atoms with van der Waals surface area (Å²) in [7, 11) is 0. The van der Waals surface area contributed by atoms with E-state index in [9.17, 15) is 4.39 Å². The van der Waals surface area contributed by atoms with Gasteiger partial charge in [-0.15, -0.1) is 0 Å². The molecule has 19 heavy (non-hydrogen) atoms. The lowest BCUT2D eigenvalue weighted by atomic mass is 9.95. The molecule has 1 saturated heterocycles. The second kappa shape index (κ2) is 6.46. The fourth-order valence-corrected chi connectivity index (χ4v) is 2.74. The summed E-state index contributed by atoms with van der Waals surface area (Å²) in [6, 6.07) is 6.85. The molecular formula is C15H23FN2O. The average molecular weight is 266 g/mol. The average Bonchev–Trinajstić information content (AvgIpc) is 2.39. The van der Waals surface area contributed by atoms with E-state index >= 15 is 0 Å². The number of morpholine rings is 1. The van der Waals surface area contributed by atoms with Gasteiger partial charge in [0.25, 0.3) is 0 Å². The molecule has 4 heteroatoms. The summed E-state index contributed by atoms with van der Waals surface area (Å²) in [6.07, 6.45) is 1.07. The van der Waals surface area contributed by atoms with Crippen molar-refractivity contribution < 1.29 is 9.13 Å². The zero-order valence-electron chi connectivity index (χ0n) is 11.7. The summed E-state index contributed by atoms with van der Waals surface area (Å²) in [5.74, 6) is -0.202. The zero-order valence-corrected chi connectivity index (χ0v) is 11.7. The highest BCUT2D eigenvalue weighted by atomic mass is 19.1. The standard InChI is InChI=1S/C15H23FN2O/c1-3-14(17)15(12-5-4-6-13(16)9-12)18-7-8-19-11(2)10-18/h4-6,9,11,14-15H,3,7-8,10,17H2,1-2H3. The van der Waals surface area contributed by atoms with Gasteiger partial charge >= 0.3 is 0 Å². The van der Waals surface area contributed by atoms with Crippen LogP contribution < -0.4 is 5.73 Å². The van der Waals surface area contributed by atoms with Crippen LogP contribution >= 0.6 is 0 Å². The molecule has 1 aliphatic heterocycles. The fraction of sp³-hybridized carbons (Fsp3) is 0.600. The van der Waals surface area contributed by atoms with Crippen LogP contribution in [-0.2, 0) is 4.74 Å². The highest BCUT2D eigenvalue weighted by Gasteiger charge is 2.29. The Kier molecular flexibility index (Phi) is 4.91. The van der Waals surface area contributed by atoms with E-state index in [2.05, 4.69) is 18.7 Å². The van der Waals surface area contributed by atoms with E-state index in [1.807, 2.05) is 6.07 Å². The molecular weight excluding hydrogens is 243 g/mol. The van der Waals surface area contributed by atoms with Crippen LogP contribution in [0.1, 0.15) is 31.9 Å². The molecule has 1 aromatic carbocycles. The van der Waals surface area contributed by atoms with Gasteiger partial charge in [-0.25, -0.2) is 4.39 Å². The minimum Gasteiger partial charge on any atom is -0.376 e. The molecule has 0 bridgehead atoms. The van der Waals surface area contributed by atoms with Gasteiger partial charge in [0.05, 0.1) is 18.8 Å². The Balaban J connectivity index is 2.25. The van der Waals surface area contributed by atoms with Crippen LogP contribution in [0.4, 0.5) is 4.39 Å². The number of benzene rings is 1. The molecule has 1 aromatic rings. The van der Waals surface area contributed by atoms with E-state index in [1.165, 1.54) is 6.07 Å². The molecule has 3 atom stereocenters. The first-order valence-electron chi connectivity index (χ1n) is 6.98. The van der Waals surface area contributed by atoms with Gasteiger partial charge in [-0.05, 0) is 31.0 Å². The Labute approximate surface area is 114 Å². The third kappa shape index (κ3) is 3.53. The van der Waals surface area contributed by atoms with Gasteiger partial charge in [-0.3, -0.25) is 4.90 Å². The molecule has 2 rings (SSSR count). The SMILES string of the molecule is CCC(N)C(c1cccc(F)c1)N1CCOC(C)C1. The van der Waals surface area contributed by atoms with Gasteiger partial charge < -0.3 is 10.5 Å². The molecule has 1 heterocycles. The van der Waals surface area contributed by atoms with Crippen molar-refractivity contribution in [3.63, 3.8) is 0 Å². The summed E-state index contributed by atoms with van der Waals surface area (Å²) in [5, 5.41) is 0. The molecule has 0 saturated carbocycles. The van der Waals surface area contributed by atoms with Crippen LogP contribution in [-0.4, -0.2) is 36.7 Å². The summed E-state index contributed by atoms with van der Waals surface area (Å²) in [5.41, 5.74) is 7.23. The van der Waals surface area contributed by atoms with Crippen molar-refractivity contribution in [1.29, 1.82) is 0 Å². The Bertz CT molecular complexity index is 413. The summed E-state index contributed by atoms with van der Waals surface area (Å²) in [4.78, 5) is 2.32. The van der Waals surface area contributed by atoms with E-state index < -0.39 is 0 Å². The number of hydrogen-bond donors (Lipinski definition) is 1. The van der Waals surface area contributed by atoms with Crippen molar-refractivity contribution in [2.45, 2.75) is 38.5 Å². The maximum Gasteiger partial charge on any atom is 0.123 e. The fourth-order valence-electron chi connectivity index (χ4n) is 2.74. The van der Waals surface area contributed by atoms with Gasteiger partial charge in [-0.2, -0.15) is 0 Å². The molecule has 3 unspecified atom stereocenters. The van der Waals surface area contributed by atoms with Crippen molar-refractivity contribution in [2.75, 3.05) is 19.7 Å². The highest BCUT2D eigenvalue weighted by molar-refractivity contribution is 5.22. The first-order valence-corrected chi connectivity index (χ1v) is 6.98. The van der Waals surface area contributed by atoms with Crippen molar-refractivity contribution in [3.05, 3.63) is 35.6 Å². The number of ether oxygens (including phenoxy) is 1. The summed E-state index contributed by atoms with van der Waals surface area (Å²) < 4.78 is 19.0. The molecule has 0 aliphatic carbocycles. The first kappa shape index (κ1) is 14.4. The van der Waals surface area contributed by atoms with Crippen LogP contribution in [0.25, 0.3) is 0 Å². The molecule has 0 radical (unpaired) electrons. The van der Waals surface area contributed by atoms with Gasteiger partial charge in [0.1, 0.15) is 5.82 Å². The van der Waals surface area contributed by atoms with E-state index in [4.69, 9.17) is 10.5 Å². The van der Waals surface area contributed by atoms with Crippen LogP contribution in [0.2, 0.25) is 0 Å². The van der Waals surface area contributed by atoms with E-state index in [1.54, 1.807) is 12.1 Å². The van der Waals surface area contributed by atoms with Crippen molar-refractivity contribution in [3.8, 4) is 0 Å². The number of nitrogens with two attached hydrogens (primary N) is 1. The lowest BCUT2D eigenvalue weighted by Crippen LogP contribution is -2.48. The van der Waals surface area contributed by atoms with Crippen molar-refractivity contribution in [2.24, 2.45) is 5.73 Å². The number of hydrogen-bond acceptors (Lipinski definition) is 3. The van der Waals surface area contributed by atoms with Crippen molar-refractivity contribution in [1.82, 2.24) is 4.90 Å². The summed E-state index contributed by atoms with van der Waals surface area (Å²) >= 11 is 0. The Morgan fingerprint density at radius 3 is 2.95 bits per heavy atom.